The summed E-state index contributed by atoms with van der Waals surface area (Å²) < 4.78 is 0. The summed E-state index contributed by atoms with van der Waals surface area (Å²) in [4.78, 5) is 38.6. The SMILES string of the molecule is CCC(=O)C(=O)[O-].CCC(=O)C(=O)[O-].NC1CCCCC1N.[Pt+2]. The third-order valence-electron chi connectivity index (χ3n) is 2.97. The van der Waals surface area contributed by atoms with Gasteiger partial charge in [0.25, 0.3) is 0 Å². The van der Waals surface area contributed by atoms with Crippen molar-refractivity contribution >= 4 is 23.5 Å². The Morgan fingerprint density at radius 1 is 0.826 bits per heavy atom. The zero-order valence-corrected chi connectivity index (χ0v) is 15.6. The molecule has 1 aliphatic carbocycles. The maximum absolute atomic E-state index is 9.85. The quantitative estimate of drug-likeness (QED) is 0.396. The molecule has 9 heteroatoms. The number of carbonyl (C=O) groups excluding carboxylic acids is 4. The van der Waals surface area contributed by atoms with E-state index in [1.807, 2.05) is 0 Å². The largest absolute Gasteiger partial charge is 2.00 e. The fourth-order valence-electron chi connectivity index (χ4n) is 1.48. The first-order valence-corrected chi connectivity index (χ1v) is 7.16. The van der Waals surface area contributed by atoms with Gasteiger partial charge >= 0.3 is 21.1 Å². The van der Waals surface area contributed by atoms with Crippen molar-refractivity contribution in [3.05, 3.63) is 0 Å². The summed E-state index contributed by atoms with van der Waals surface area (Å²) in [6.07, 6.45) is 4.83. The van der Waals surface area contributed by atoms with Crippen molar-refractivity contribution in [2.45, 2.75) is 64.5 Å². The van der Waals surface area contributed by atoms with Crippen LogP contribution in [0.5, 0.6) is 0 Å². The van der Waals surface area contributed by atoms with Gasteiger partial charge in [-0.2, -0.15) is 0 Å². The Morgan fingerprint density at radius 3 is 1.17 bits per heavy atom. The topological polar surface area (TPSA) is 166 Å². The molecule has 0 bridgehead atoms. The average molecular weight is 511 g/mol. The number of hydrogen-bond donors (Lipinski definition) is 2. The van der Waals surface area contributed by atoms with Crippen molar-refractivity contribution in [2.75, 3.05) is 0 Å². The standard InChI is InChI=1S/C6H14N2.2C4H6O3.Pt/c7-5-3-1-2-4-6(5)8;2*1-2-3(5)4(6)7;/h5-6H,1-4,7-8H2;2*2H2,1H3,(H,6,7);/q;;;+2/p-2. The molecule has 0 spiro atoms. The van der Waals surface area contributed by atoms with Gasteiger partial charge in [0.05, 0.1) is 0 Å². The molecule has 2 atom stereocenters. The van der Waals surface area contributed by atoms with E-state index in [4.69, 9.17) is 11.5 Å². The van der Waals surface area contributed by atoms with Crippen LogP contribution in [0.25, 0.3) is 0 Å². The van der Waals surface area contributed by atoms with E-state index in [0.29, 0.717) is 0 Å². The molecule has 0 aromatic carbocycles. The second kappa shape index (κ2) is 15.8. The summed E-state index contributed by atoms with van der Waals surface area (Å²) in [6, 6.07) is 0.562. The number of Topliss-reactive ketones (excluding diaryl/α,β-unsaturated/α-hetero) is 2. The zero-order valence-electron chi connectivity index (χ0n) is 13.3. The third-order valence-corrected chi connectivity index (χ3v) is 2.97. The van der Waals surface area contributed by atoms with E-state index < -0.39 is 23.5 Å². The molecule has 4 N–H and O–H groups in total. The number of aliphatic carboxylic acids is 2. The summed E-state index contributed by atoms with van der Waals surface area (Å²) in [5.41, 5.74) is 11.3. The van der Waals surface area contributed by atoms with Crippen molar-refractivity contribution in [2.24, 2.45) is 11.5 Å². The van der Waals surface area contributed by atoms with Crippen LogP contribution in [0.1, 0.15) is 52.4 Å². The van der Waals surface area contributed by atoms with Crippen LogP contribution in [0, 0.1) is 0 Å². The van der Waals surface area contributed by atoms with Crippen molar-refractivity contribution in [1.29, 1.82) is 0 Å². The van der Waals surface area contributed by atoms with Crippen LogP contribution in [0.4, 0.5) is 0 Å². The van der Waals surface area contributed by atoms with E-state index in [1.165, 1.54) is 26.7 Å². The van der Waals surface area contributed by atoms with Gasteiger partial charge < -0.3 is 31.3 Å². The minimum Gasteiger partial charge on any atom is -0.542 e. The van der Waals surface area contributed by atoms with Gasteiger partial charge in [0, 0.05) is 24.9 Å². The molecule has 0 aromatic rings. The van der Waals surface area contributed by atoms with E-state index in [-0.39, 0.29) is 46.0 Å². The Kier molecular flexibility index (Phi) is 18.4. The molecule has 0 radical (unpaired) electrons. The van der Waals surface area contributed by atoms with Crippen LogP contribution in [0.2, 0.25) is 0 Å². The van der Waals surface area contributed by atoms with E-state index in [2.05, 4.69) is 0 Å². The Labute approximate surface area is 150 Å². The average Bonchev–Trinajstić information content (AvgIpc) is 2.49. The van der Waals surface area contributed by atoms with Crippen molar-refractivity contribution in [3.63, 3.8) is 0 Å². The Hall–Kier alpha value is -1.11. The number of nitrogens with two attached hydrogens (primary N) is 2. The summed E-state index contributed by atoms with van der Waals surface area (Å²) in [5.74, 6) is -4.88. The number of rotatable bonds is 4. The van der Waals surface area contributed by atoms with Crippen LogP contribution in [-0.4, -0.2) is 35.6 Å². The molecule has 2 unspecified atom stereocenters. The molecule has 0 amide bonds. The maximum Gasteiger partial charge on any atom is 2.00 e. The van der Waals surface area contributed by atoms with Gasteiger partial charge in [-0.15, -0.1) is 0 Å². The normalized spacial score (nSPS) is 18.8. The van der Waals surface area contributed by atoms with Crippen LogP contribution in [0.15, 0.2) is 0 Å². The van der Waals surface area contributed by atoms with Crippen molar-refractivity contribution in [3.8, 4) is 0 Å². The molecule has 0 aromatic heterocycles. The zero-order chi connectivity index (χ0) is 17.7. The van der Waals surface area contributed by atoms with Crippen LogP contribution < -0.4 is 21.7 Å². The molecule has 1 fully saturated rings. The van der Waals surface area contributed by atoms with Gasteiger partial charge in [-0.3, -0.25) is 9.59 Å². The van der Waals surface area contributed by atoms with Gasteiger partial charge in [0.1, 0.15) is 11.9 Å². The second-order valence-corrected chi connectivity index (χ2v) is 4.74. The maximum atomic E-state index is 9.85. The van der Waals surface area contributed by atoms with E-state index in [0.717, 1.165) is 12.8 Å². The monoisotopic (exact) mass is 511 g/mol. The summed E-state index contributed by atoms with van der Waals surface area (Å²) >= 11 is 0. The van der Waals surface area contributed by atoms with E-state index in [9.17, 15) is 29.4 Å². The minimum absolute atomic E-state index is 0. The predicted molar refractivity (Wildman–Crippen MR) is 75.0 cm³/mol. The van der Waals surface area contributed by atoms with E-state index in [1.54, 1.807) is 0 Å². The van der Waals surface area contributed by atoms with Gasteiger partial charge in [-0.05, 0) is 12.8 Å². The second-order valence-electron chi connectivity index (χ2n) is 4.74. The van der Waals surface area contributed by atoms with Crippen LogP contribution >= 0.6 is 0 Å². The fraction of sp³-hybridized carbons (Fsp3) is 0.714. The molecule has 0 heterocycles. The number of ketones is 2. The number of hydrogen-bond acceptors (Lipinski definition) is 8. The summed E-state index contributed by atoms with van der Waals surface area (Å²) in [6.45, 7) is 2.94. The fourth-order valence-corrected chi connectivity index (χ4v) is 1.48. The molecule has 0 aliphatic heterocycles. The summed E-state index contributed by atoms with van der Waals surface area (Å²) in [5, 5.41) is 18.9. The van der Waals surface area contributed by atoms with Crippen molar-refractivity contribution in [1.82, 2.24) is 0 Å². The Bertz CT molecular complexity index is 353. The van der Waals surface area contributed by atoms with Gasteiger partial charge in [0.2, 0.25) is 0 Å². The molecule has 8 nitrogen and oxygen atoms in total. The Balaban J connectivity index is -0.000000257. The molecule has 1 rings (SSSR count). The number of carboxylic acid groups (broad SMARTS) is 2. The smallest absolute Gasteiger partial charge is 0.542 e. The number of carboxylic acids is 2. The van der Waals surface area contributed by atoms with Gasteiger partial charge in [-0.1, -0.05) is 26.7 Å². The molecule has 23 heavy (non-hydrogen) atoms. The molecule has 0 saturated heterocycles. The first-order valence-electron chi connectivity index (χ1n) is 7.16. The van der Waals surface area contributed by atoms with Gasteiger partial charge in [-0.25, -0.2) is 0 Å². The molecule has 1 saturated carbocycles. The van der Waals surface area contributed by atoms with Crippen molar-refractivity contribution < 1.29 is 50.5 Å². The van der Waals surface area contributed by atoms with Crippen LogP contribution in [0.3, 0.4) is 0 Å². The molecular formula is C14H24N2O6Pt. The molecule has 1 aliphatic rings. The number of carbonyl (C=O) groups is 4. The summed E-state index contributed by atoms with van der Waals surface area (Å²) in [7, 11) is 0. The van der Waals surface area contributed by atoms with Gasteiger partial charge in [0.15, 0.2) is 11.6 Å². The third kappa shape index (κ3) is 15.6. The predicted octanol–water partition coefficient (Wildman–Crippen LogP) is -2.36. The first-order chi connectivity index (χ1) is 10.2. The first kappa shape index (κ1) is 26.8. The van der Waals surface area contributed by atoms with E-state index >= 15 is 0 Å². The Morgan fingerprint density at radius 2 is 1.09 bits per heavy atom. The van der Waals surface area contributed by atoms with Crippen LogP contribution in [-0.2, 0) is 40.2 Å². The minimum atomic E-state index is -1.59. The molecular weight excluding hydrogens is 487 g/mol. The molecule has 136 valence electrons.